The Hall–Kier alpha value is -5.98. The molecule has 3 heterocycles. The molecule has 6 aromatic carbocycles. The zero-order valence-corrected chi connectivity index (χ0v) is 27.0. The Kier molecular flexibility index (Phi) is 6.87. The van der Waals surface area contributed by atoms with E-state index in [1.807, 2.05) is 30.3 Å². The Labute approximate surface area is 282 Å². The SMILES string of the molecule is CN1C(c2ccccc2)=NC(c2cccc3sc4cccc(-c5nc(-c6ccccc6)c6ccccc6n5)c4c23)=NC1c1ccccc1. The molecule has 6 heteroatoms. The first-order valence-electron chi connectivity index (χ1n) is 16.0. The van der Waals surface area contributed by atoms with Gasteiger partial charge in [-0.25, -0.2) is 20.0 Å². The molecule has 228 valence electrons. The summed E-state index contributed by atoms with van der Waals surface area (Å²) in [6, 6.07) is 52.4. The summed E-state index contributed by atoms with van der Waals surface area (Å²) in [7, 11) is 2.07. The first-order valence-corrected chi connectivity index (χ1v) is 16.8. The maximum absolute atomic E-state index is 5.34. The van der Waals surface area contributed by atoms with Gasteiger partial charge in [0.05, 0.1) is 11.2 Å². The van der Waals surface area contributed by atoms with Gasteiger partial charge in [0, 0.05) is 54.9 Å². The van der Waals surface area contributed by atoms with Gasteiger partial charge < -0.3 is 4.90 Å². The lowest BCUT2D eigenvalue weighted by molar-refractivity contribution is 0.383. The van der Waals surface area contributed by atoms with Crippen LogP contribution in [-0.4, -0.2) is 33.6 Å². The first kappa shape index (κ1) is 28.3. The van der Waals surface area contributed by atoms with Crippen molar-refractivity contribution in [1.29, 1.82) is 0 Å². The van der Waals surface area contributed by atoms with Crippen LogP contribution >= 0.6 is 11.3 Å². The molecule has 0 spiro atoms. The van der Waals surface area contributed by atoms with Gasteiger partial charge in [-0.05, 0) is 23.8 Å². The summed E-state index contributed by atoms with van der Waals surface area (Å²) in [5.74, 6) is 2.30. The quantitative estimate of drug-likeness (QED) is 0.189. The summed E-state index contributed by atoms with van der Waals surface area (Å²) >= 11 is 1.78. The zero-order valence-electron chi connectivity index (χ0n) is 26.2. The second kappa shape index (κ2) is 11.7. The standard InChI is InChI=1S/C42H29N5S/c1-47-41(28-17-7-3-8-18-28)45-40(46-42(47)29-19-9-4-10-20-29)32-23-14-26-35-37(32)36-31(22-13-25-34(36)48-35)39-43-33-24-12-11-21-30(33)38(44-39)27-15-5-2-6-16-27/h2-26,41H,1H3. The van der Waals surface area contributed by atoms with Crippen molar-refractivity contribution in [2.75, 3.05) is 7.05 Å². The smallest absolute Gasteiger partial charge is 0.161 e. The molecule has 2 aromatic heterocycles. The number of aliphatic imine (C=N–C) groups is 2. The lowest BCUT2D eigenvalue weighted by Crippen LogP contribution is -2.35. The number of hydrogen-bond donors (Lipinski definition) is 0. The molecule has 0 fully saturated rings. The number of hydrogen-bond acceptors (Lipinski definition) is 6. The van der Waals surface area contributed by atoms with Crippen molar-refractivity contribution in [3.63, 3.8) is 0 Å². The lowest BCUT2D eigenvalue weighted by Gasteiger charge is -2.32. The van der Waals surface area contributed by atoms with E-state index in [4.69, 9.17) is 20.0 Å². The average Bonchev–Trinajstić information content (AvgIpc) is 3.55. The fourth-order valence-electron chi connectivity index (χ4n) is 6.69. The molecule has 9 rings (SSSR count). The Balaban J connectivity index is 1.30. The summed E-state index contributed by atoms with van der Waals surface area (Å²) in [5, 5.41) is 3.28. The number of amidine groups is 2. The Morgan fingerprint density at radius 3 is 1.90 bits per heavy atom. The molecule has 0 radical (unpaired) electrons. The van der Waals surface area contributed by atoms with Crippen molar-refractivity contribution in [3.8, 4) is 22.6 Å². The molecule has 1 unspecified atom stereocenters. The summed E-state index contributed by atoms with van der Waals surface area (Å²) in [4.78, 5) is 23.2. The number of benzene rings is 6. The molecule has 1 aliphatic heterocycles. The van der Waals surface area contributed by atoms with Gasteiger partial charge in [-0.3, -0.25) is 0 Å². The Morgan fingerprint density at radius 2 is 1.17 bits per heavy atom. The van der Waals surface area contributed by atoms with E-state index in [9.17, 15) is 0 Å². The van der Waals surface area contributed by atoms with Crippen molar-refractivity contribution in [1.82, 2.24) is 14.9 Å². The molecular formula is C42H29N5S. The van der Waals surface area contributed by atoms with Crippen LogP contribution < -0.4 is 0 Å². The van der Waals surface area contributed by atoms with Gasteiger partial charge >= 0.3 is 0 Å². The van der Waals surface area contributed by atoms with Gasteiger partial charge in [0.2, 0.25) is 0 Å². The number of thiophene rings is 1. The fourth-order valence-corrected chi connectivity index (χ4v) is 7.85. The molecule has 0 amide bonds. The molecule has 0 aliphatic carbocycles. The normalized spacial score (nSPS) is 14.8. The highest BCUT2D eigenvalue weighted by Crippen LogP contribution is 2.42. The molecule has 0 saturated heterocycles. The van der Waals surface area contributed by atoms with Crippen LogP contribution in [0.1, 0.15) is 22.9 Å². The predicted octanol–water partition coefficient (Wildman–Crippen LogP) is 10.2. The van der Waals surface area contributed by atoms with Gasteiger partial charge in [0.15, 0.2) is 11.7 Å². The molecule has 1 atom stereocenters. The molecular weight excluding hydrogens is 607 g/mol. The molecule has 8 aromatic rings. The monoisotopic (exact) mass is 635 g/mol. The van der Waals surface area contributed by atoms with Crippen LogP contribution in [0.3, 0.4) is 0 Å². The van der Waals surface area contributed by atoms with Gasteiger partial charge in [0.1, 0.15) is 12.0 Å². The van der Waals surface area contributed by atoms with Crippen LogP contribution in [0.25, 0.3) is 53.7 Å². The minimum Gasteiger partial charge on any atom is -0.333 e. The third-order valence-electron chi connectivity index (χ3n) is 8.94. The minimum absolute atomic E-state index is 0.231. The maximum Gasteiger partial charge on any atom is 0.161 e. The second-order valence-electron chi connectivity index (χ2n) is 11.9. The number of aromatic nitrogens is 2. The predicted molar refractivity (Wildman–Crippen MR) is 200 cm³/mol. The number of para-hydroxylation sites is 1. The van der Waals surface area contributed by atoms with E-state index in [0.717, 1.165) is 61.0 Å². The Morgan fingerprint density at radius 1 is 0.562 bits per heavy atom. The van der Waals surface area contributed by atoms with Crippen molar-refractivity contribution < 1.29 is 0 Å². The van der Waals surface area contributed by atoms with Crippen LogP contribution in [0.5, 0.6) is 0 Å². The average molecular weight is 636 g/mol. The number of fused-ring (bicyclic) bond motifs is 4. The van der Waals surface area contributed by atoms with E-state index in [1.165, 1.54) is 9.40 Å². The minimum atomic E-state index is -0.231. The van der Waals surface area contributed by atoms with Crippen molar-refractivity contribution >= 4 is 54.1 Å². The van der Waals surface area contributed by atoms with Gasteiger partial charge in [-0.1, -0.05) is 133 Å². The van der Waals surface area contributed by atoms with E-state index in [2.05, 4.69) is 133 Å². The highest BCUT2D eigenvalue weighted by Gasteiger charge is 2.28. The van der Waals surface area contributed by atoms with Gasteiger partial charge in [-0.15, -0.1) is 11.3 Å². The summed E-state index contributed by atoms with van der Waals surface area (Å²) < 4.78 is 2.35. The van der Waals surface area contributed by atoms with Crippen LogP contribution in [0.15, 0.2) is 162 Å². The highest BCUT2D eigenvalue weighted by molar-refractivity contribution is 7.26. The fraction of sp³-hybridized carbons (Fsp3) is 0.0476. The first-order chi connectivity index (χ1) is 23.7. The van der Waals surface area contributed by atoms with E-state index < -0.39 is 0 Å². The van der Waals surface area contributed by atoms with Gasteiger partial charge in [-0.2, -0.15) is 0 Å². The molecule has 1 aliphatic rings. The molecule has 48 heavy (non-hydrogen) atoms. The van der Waals surface area contributed by atoms with E-state index >= 15 is 0 Å². The van der Waals surface area contributed by atoms with Crippen LogP contribution in [-0.2, 0) is 0 Å². The molecule has 0 N–H and O–H groups in total. The third-order valence-corrected chi connectivity index (χ3v) is 10.1. The van der Waals surface area contributed by atoms with Crippen LogP contribution in [0.4, 0.5) is 0 Å². The number of rotatable bonds is 5. The zero-order chi connectivity index (χ0) is 32.0. The van der Waals surface area contributed by atoms with Gasteiger partial charge in [0.25, 0.3) is 0 Å². The second-order valence-corrected chi connectivity index (χ2v) is 13.0. The van der Waals surface area contributed by atoms with E-state index in [-0.39, 0.29) is 6.17 Å². The van der Waals surface area contributed by atoms with Crippen molar-refractivity contribution in [3.05, 3.63) is 168 Å². The molecule has 0 bridgehead atoms. The van der Waals surface area contributed by atoms with E-state index in [1.54, 1.807) is 11.3 Å². The lowest BCUT2D eigenvalue weighted by atomic mass is 9.99. The van der Waals surface area contributed by atoms with Crippen LogP contribution in [0.2, 0.25) is 0 Å². The maximum atomic E-state index is 5.34. The Bertz CT molecular complexity index is 2520. The topological polar surface area (TPSA) is 53.7 Å². The third kappa shape index (κ3) is 4.77. The van der Waals surface area contributed by atoms with Crippen molar-refractivity contribution in [2.24, 2.45) is 9.98 Å². The summed E-state index contributed by atoms with van der Waals surface area (Å²) in [5.41, 5.74) is 7.07. The van der Waals surface area contributed by atoms with Crippen molar-refractivity contribution in [2.45, 2.75) is 6.17 Å². The van der Waals surface area contributed by atoms with E-state index in [0.29, 0.717) is 11.7 Å². The highest BCUT2D eigenvalue weighted by atomic mass is 32.1. The largest absolute Gasteiger partial charge is 0.333 e. The summed E-state index contributed by atoms with van der Waals surface area (Å²) in [6.45, 7) is 0. The molecule has 0 saturated carbocycles. The number of nitrogens with zero attached hydrogens (tertiary/aromatic N) is 5. The van der Waals surface area contributed by atoms with Crippen LogP contribution in [0, 0.1) is 0 Å². The summed E-state index contributed by atoms with van der Waals surface area (Å²) in [6.07, 6.45) is -0.231. The molecule has 5 nitrogen and oxygen atoms in total.